The highest BCUT2D eigenvalue weighted by atomic mass is 32.2. The van der Waals surface area contributed by atoms with Gasteiger partial charge in [-0.15, -0.1) is 0 Å². The molecule has 0 saturated carbocycles. The van der Waals surface area contributed by atoms with E-state index in [1.54, 1.807) is 12.1 Å². The molecule has 2 aromatic carbocycles. The Morgan fingerprint density at radius 1 is 1.11 bits per heavy atom. The number of sulfonamides is 1. The number of para-hydroxylation sites is 1. The zero-order valence-corrected chi connectivity index (χ0v) is 17.2. The van der Waals surface area contributed by atoms with Gasteiger partial charge in [-0.1, -0.05) is 45.0 Å². The van der Waals surface area contributed by atoms with Crippen LogP contribution in [-0.2, 0) is 20.2 Å². The summed E-state index contributed by atoms with van der Waals surface area (Å²) in [5.74, 6) is -0.197. The van der Waals surface area contributed by atoms with E-state index in [1.807, 2.05) is 38.1 Å². The van der Waals surface area contributed by atoms with Crippen molar-refractivity contribution in [2.75, 3.05) is 5.32 Å². The summed E-state index contributed by atoms with van der Waals surface area (Å²) in [7, 11) is -3.79. The topological polar surface area (TPSA) is 75.3 Å². The van der Waals surface area contributed by atoms with Crippen molar-refractivity contribution in [2.24, 2.45) is 0 Å². The van der Waals surface area contributed by atoms with Crippen LogP contribution >= 0.6 is 0 Å². The predicted molar refractivity (Wildman–Crippen MR) is 107 cm³/mol. The Bertz CT molecular complexity index is 1000. The number of fused-ring (bicyclic) bond motifs is 1. The molecule has 27 heavy (non-hydrogen) atoms. The smallest absolute Gasteiger partial charge is 0.241 e. The number of carbonyl (C=O) groups excluding carboxylic acids is 1. The molecule has 0 fully saturated rings. The third kappa shape index (κ3) is 3.92. The quantitative estimate of drug-likeness (QED) is 0.838. The lowest BCUT2D eigenvalue weighted by Crippen LogP contribution is -2.35. The number of carbonyl (C=O) groups is 1. The minimum Gasteiger partial charge on any atom is -0.326 e. The van der Waals surface area contributed by atoms with Gasteiger partial charge in [-0.2, -0.15) is 0 Å². The molecule has 2 N–H and O–H groups in total. The van der Waals surface area contributed by atoms with Crippen LogP contribution in [0.15, 0.2) is 41.3 Å². The first kappa shape index (κ1) is 19.6. The van der Waals surface area contributed by atoms with Crippen molar-refractivity contribution < 1.29 is 13.2 Å². The summed E-state index contributed by atoms with van der Waals surface area (Å²) >= 11 is 0. The van der Waals surface area contributed by atoms with Gasteiger partial charge in [-0.05, 0) is 53.6 Å². The van der Waals surface area contributed by atoms with Gasteiger partial charge < -0.3 is 5.32 Å². The maximum Gasteiger partial charge on any atom is 0.241 e. The minimum absolute atomic E-state index is 0.0766. The molecule has 5 nitrogen and oxygen atoms in total. The van der Waals surface area contributed by atoms with Gasteiger partial charge in [0.05, 0.1) is 10.9 Å². The molecule has 0 saturated heterocycles. The Balaban J connectivity index is 2.04. The van der Waals surface area contributed by atoms with E-state index in [1.165, 1.54) is 0 Å². The molecular formula is C21H26N2O3S. The van der Waals surface area contributed by atoms with Crippen LogP contribution in [0.4, 0.5) is 5.69 Å². The number of aryl methyl sites for hydroxylation is 1. The second-order valence-electron chi connectivity index (χ2n) is 8.18. The van der Waals surface area contributed by atoms with Gasteiger partial charge in [0.25, 0.3) is 0 Å². The molecular weight excluding hydrogens is 360 g/mol. The van der Waals surface area contributed by atoms with Crippen molar-refractivity contribution in [3.05, 3.63) is 58.7 Å². The number of anilines is 1. The van der Waals surface area contributed by atoms with Crippen molar-refractivity contribution in [2.45, 2.75) is 57.4 Å². The maximum absolute atomic E-state index is 13.2. The lowest BCUT2D eigenvalue weighted by Gasteiger charge is -2.27. The van der Waals surface area contributed by atoms with Gasteiger partial charge in [-0.25, -0.2) is 13.1 Å². The molecule has 0 bridgehead atoms. The van der Waals surface area contributed by atoms with Crippen LogP contribution in [0.2, 0.25) is 0 Å². The Labute approximate surface area is 161 Å². The zero-order chi connectivity index (χ0) is 20.0. The standard InChI is InChI=1S/C21H26N2O3S/c1-13-10-15(21(3,4)5)11-19(14(13)2)27(25,26)23-18-12-20(24)22-17-9-7-6-8-16(17)18/h6-11,18,23H,12H2,1-5H3,(H,22,24). The molecule has 1 unspecified atom stereocenters. The van der Waals surface area contributed by atoms with Crippen molar-refractivity contribution in [3.8, 4) is 0 Å². The molecule has 3 rings (SSSR count). The Morgan fingerprint density at radius 2 is 1.78 bits per heavy atom. The lowest BCUT2D eigenvalue weighted by atomic mass is 9.85. The average Bonchev–Trinajstić information content (AvgIpc) is 2.55. The third-order valence-electron chi connectivity index (χ3n) is 5.07. The van der Waals surface area contributed by atoms with Crippen LogP contribution in [0.3, 0.4) is 0 Å². The van der Waals surface area contributed by atoms with Gasteiger partial charge in [0.1, 0.15) is 0 Å². The molecule has 1 atom stereocenters. The van der Waals surface area contributed by atoms with Crippen LogP contribution in [0.25, 0.3) is 0 Å². The lowest BCUT2D eigenvalue weighted by molar-refractivity contribution is -0.116. The fourth-order valence-electron chi connectivity index (χ4n) is 3.31. The number of hydrogen-bond donors (Lipinski definition) is 2. The van der Waals surface area contributed by atoms with Crippen LogP contribution < -0.4 is 10.0 Å². The van der Waals surface area contributed by atoms with Crippen LogP contribution in [0.5, 0.6) is 0 Å². The number of hydrogen-bond acceptors (Lipinski definition) is 3. The monoisotopic (exact) mass is 386 g/mol. The summed E-state index contributed by atoms with van der Waals surface area (Å²) in [5, 5.41) is 2.79. The summed E-state index contributed by atoms with van der Waals surface area (Å²) in [6.07, 6.45) is 0.0766. The van der Waals surface area contributed by atoms with Crippen molar-refractivity contribution in [3.63, 3.8) is 0 Å². The Hall–Kier alpha value is -2.18. The SMILES string of the molecule is Cc1cc(C(C)(C)C)cc(S(=O)(=O)NC2CC(=O)Nc3ccccc32)c1C. The number of benzene rings is 2. The molecule has 1 aliphatic rings. The normalized spacial score (nSPS) is 17.4. The van der Waals surface area contributed by atoms with Gasteiger partial charge >= 0.3 is 0 Å². The highest BCUT2D eigenvalue weighted by Gasteiger charge is 2.30. The molecule has 2 aromatic rings. The Kier molecular flexibility index (Phi) is 4.91. The van der Waals surface area contributed by atoms with E-state index in [0.29, 0.717) is 5.69 Å². The van der Waals surface area contributed by atoms with E-state index in [-0.39, 0.29) is 22.6 Å². The van der Waals surface area contributed by atoms with Crippen LogP contribution in [0, 0.1) is 13.8 Å². The van der Waals surface area contributed by atoms with Crippen LogP contribution in [0.1, 0.15) is 55.5 Å². The average molecular weight is 387 g/mol. The molecule has 0 radical (unpaired) electrons. The highest BCUT2D eigenvalue weighted by Crippen LogP contribution is 2.33. The van der Waals surface area contributed by atoms with Crippen molar-refractivity contribution >= 4 is 21.6 Å². The molecule has 1 amide bonds. The summed E-state index contributed by atoms with van der Waals surface area (Å²) in [4.78, 5) is 12.3. The summed E-state index contributed by atoms with van der Waals surface area (Å²) in [6.45, 7) is 9.92. The molecule has 144 valence electrons. The zero-order valence-electron chi connectivity index (χ0n) is 16.4. The van der Waals surface area contributed by atoms with Crippen molar-refractivity contribution in [1.82, 2.24) is 4.72 Å². The summed E-state index contributed by atoms with van der Waals surface area (Å²) in [6, 6.07) is 10.5. The fourth-order valence-corrected chi connectivity index (χ4v) is 4.86. The van der Waals surface area contributed by atoms with Gasteiger partial charge in [0, 0.05) is 12.1 Å². The second-order valence-corrected chi connectivity index (χ2v) is 9.86. The molecule has 1 aliphatic heterocycles. The van der Waals surface area contributed by atoms with Crippen LogP contribution in [-0.4, -0.2) is 14.3 Å². The first-order chi connectivity index (χ1) is 12.5. The number of amides is 1. The van der Waals surface area contributed by atoms with E-state index in [9.17, 15) is 13.2 Å². The maximum atomic E-state index is 13.2. The number of rotatable bonds is 3. The molecule has 0 aliphatic carbocycles. The summed E-state index contributed by atoms with van der Waals surface area (Å²) in [5.41, 5.74) is 3.89. The Morgan fingerprint density at radius 3 is 2.44 bits per heavy atom. The largest absolute Gasteiger partial charge is 0.326 e. The minimum atomic E-state index is -3.79. The molecule has 0 aromatic heterocycles. The first-order valence-electron chi connectivity index (χ1n) is 9.02. The molecule has 0 spiro atoms. The van der Waals surface area contributed by atoms with Gasteiger partial charge in [0.2, 0.25) is 15.9 Å². The highest BCUT2D eigenvalue weighted by molar-refractivity contribution is 7.89. The first-order valence-corrected chi connectivity index (χ1v) is 10.5. The molecule has 6 heteroatoms. The van der Waals surface area contributed by atoms with E-state index in [4.69, 9.17) is 0 Å². The number of nitrogens with one attached hydrogen (secondary N) is 2. The molecule has 1 heterocycles. The van der Waals surface area contributed by atoms with Gasteiger partial charge in [-0.3, -0.25) is 4.79 Å². The van der Waals surface area contributed by atoms with E-state index < -0.39 is 16.1 Å². The van der Waals surface area contributed by atoms with Crippen molar-refractivity contribution in [1.29, 1.82) is 0 Å². The fraction of sp³-hybridized carbons (Fsp3) is 0.381. The second kappa shape index (κ2) is 6.77. The van der Waals surface area contributed by atoms with E-state index >= 15 is 0 Å². The van der Waals surface area contributed by atoms with E-state index in [0.717, 1.165) is 22.3 Å². The predicted octanol–water partition coefficient (Wildman–Crippen LogP) is 3.96. The summed E-state index contributed by atoms with van der Waals surface area (Å²) < 4.78 is 29.2. The van der Waals surface area contributed by atoms with Gasteiger partial charge in [0.15, 0.2) is 0 Å². The third-order valence-corrected chi connectivity index (χ3v) is 6.67. The van der Waals surface area contributed by atoms with E-state index in [2.05, 4.69) is 30.8 Å².